The average Bonchev–Trinajstić information content (AvgIpc) is 2.77. The summed E-state index contributed by atoms with van der Waals surface area (Å²) in [7, 11) is 2.10. The van der Waals surface area contributed by atoms with Gasteiger partial charge < -0.3 is 14.0 Å². The third kappa shape index (κ3) is 9.90. The SMILES string of the molecule is CCCCOc1ccc(OCC[N+]2(C)CCCN(CC(F)(F)F)CC2)cc1.[Y]. The van der Waals surface area contributed by atoms with Crippen molar-refractivity contribution in [2.75, 3.05) is 59.5 Å². The number of hydrogen-bond acceptors (Lipinski definition) is 3. The summed E-state index contributed by atoms with van der Waals surface area (Å²) in [5.41, 5.74) is 0. The Morgan fingerprint density at radius 3 is 2.18 bits per heavy atom. The molecule has 1 atom stereocenters. The van der Waals surface area contributed by atoms with Gasteiger partial charge in [-0.15, -0.1) is 0 Å². The smallest absolute Gasteiger partial charge is 0.401 e. The van der Waals surface area contributed by atoms with E-state index in [0.717, 1.165) is 54.9 Å². The van der Waals surface area contributed by atoms with Gasteiger partial charge in [0, 0.05) is 52.2 Å². The van der Waals surface area contributed by atoms with Crippen molar-refractivity contribution in [3.8, 4) is 11.5 Å². The molecule has 0 aromatic heterocycles. The van der Waals surface area contributed by atoms with Gasteiger partial charge in [-0.3, -0.25) is 4.90 Å². The second kappa shape index (κ2) is 12.4. The van der Waals surface area contributed by atoms with Crippen LogP contribution in [0.15, 0.2) is 24.3 Å². The number of rotatable bonds is 9. The maximum Gasteiger partial charge on any atom is 0.401 e. The van der Waals surface area contributed by atoms with E-state index in [2.05, 4.69) is 14.0 Å². The van der Waals surface area contributed by atoms with Crippen molar-refractivity contribution in [2.24, 2.45) is 0 Å². The molecular formula is C20H32F3N2O2Y+. The van der Waals surface area contributed by atoms with Crippen LogP contribution in [0.25, 0.3) is 0 Å². The zero-order valence-electron chi connectivity index (χ0n) is 17.0. The number of quaternary nitrogens is 1. The standard InChI is InChI=1S/C20H32F3N2O2.Y/c1-3-4-15-26-18-6-8-19(9-7-18)27-16-14-25(2)12-5-10-24(11-13-25)17-20(21,22)23;/h6-9H,3-5,10-17H2,1-2H3;/q+1;. The number of nitrogens with zero attached hydrogens (tertiary/aromatic N) is 2. The van der Waals surface area contributed by atoms with Gasteiger partial charge >= 0.3 is 6.18 Å². The van der Waals surface area contributed by atoms with Gasteiger partial charge in [0.25, 0.3) is 0 Å². The minimum absolute atomic E-state index is 0. The van der Waals surface area contributed by atoms with E-state index in [-0.39, 0.29) is 32.7 Å². The quantitative estimate of drug-likeness (QED) is 0.396. The van der Waals surface area contributed by atoms with Crippen molar-refractivity contribution in [2.45, 2.75) is 32.4 Å². The maximum absolute atomic E-state index is 12.6. The summed E-state index contributed by atoms with van der Waals surface area (Å²) >= 11 is 0. The minimum atomic E-state index is -4.12. The number of unbranched alkanes of at least 4 members (excludes halogenated alkanes) is 1. The molecule has 0 bridgehead atoms. The number of ether oxygens (including phenoxy) is 2. The summed E-state index contributed by atoms with van der Waals surface area (Å²) in [4.78, 5) is 1.52. The van der Waals surface area contributed by atoms with E-state index < -0.39 is 12.7 Å². The number of halogens is 3. The van der Waals surface area contributed by atoms with Crippen LogP contribution >= 0.6 is 0 Å². The van der Waals surface area contributed by atoms with E-state index in [0.29, 0.717) is 26.2 Å². The summed E-state index contributed by atoms with van der Waals surface area (Å²) in [6.07, 6.45) is -1.21. The predicted octanol–water partition coefficient (Wildman–Crippen LogP) is 3.96. The number of alkyl halides is 3. The molecule has 1 fully saturated rings. The number of likely N-dealkylation sites (N-methyl/N-ethyl adjacent to an activating group) is 1. The van der Waals surface area contributed by atoms with Crippen molar-refractivity contribution in [1.29, 1.82) is 0 Å². The van der Waals surface area contributed by atoms with Crippen LogP contribution in [0, 0.1) is 0 Å². The second-order valence-electron chi connectivity index (χ2n) is 7.56. The summed E-state index contributed by atoms with van der Waals surface area (Å²) < 4.78 is 50.0. The fourth-order valence-electron chi connectivity index (χ4n) is 3.27. The molecule has 0 spiro atoms. The Kier molecular flexibility index (Phi) is 11.3. The molecule has 8 heteroatoms. The van der Waals surface area contributed by atoms with Crippen LogP contribution in [0.3, 0.4) is 0 Å². The number of benzene rings is 1. The Morgan fingerprint density at radius 2 is 1.61 bits per heavy atom. The van der Waals surface area contributed by atoms with Crippen LogP contribution in [0.1, 0.15) is 26.2 Å². The predicted molar refractivity (Wildman–Crippen MR) is 100 cm³/mol. The maximum atomic E-state index is 12.6. The van der Waals surface area contributed by atoms with Gasteiger partial charge in [-0.25, -0.2) is 0 Å². The molecule has 1 aliphatic heterocycles. The molecule has 1 aromatic carbocycles. The van der Waals surface area contributed by atoms with Gasteiger partial charge in [-0.2, -0.15) is 13.2 Å². The topological polar surface area (TPSA) is 21.7 Å². The normalized spacial score (nSPS) is 20.9. The van der Waals surface area contributed by atoms with Gasteiger partial charge in [0.1, 0.15) is 24.7 Å². The van der Waals surface area contributed by atoms with Crippen LogP contribution < -0.4 is 9.47 Å². The molecule has 4 nitrogen and oxygen atoms in total. The van der Waals surface area contributed by atoms with E-state index in [1.165, 1.54) is 4.90 Å². The molecule has 1 aliphatic rings. The Bertz CT molecular complexity index is 557. The summed E-state index contributed by atoms with van der Waals surface area (Å²) in [6, 6.07) is 7.61. The average molecular weight is 478 g/mol. The molecule has 1 radical (unpaired) electrons. The molecule has 0 N–H and O–H groups in total. The Labute approximate surface area is 191 Å². The van der Waals surface area contributed by atoms with E-state index in [4.69, 9.17) is 9.47 Å². The fraction of sp³-hybridized carbons (Fsp3) is 0.700. The monoisotopic (exact) mass is 478 g/mol. The second-order valence-corrected chi connectivity index (χ2v) is 7.56. The van der Waals surface area contributed by atoms with Crippen LogP contribution in [0.5, 0.6) is 11.5 Å². The zero-order chi connectivity index (χ0) is 19.8. The third-order valence-corrected chi connectivity index (χ3v) is 5.02. The van der Waals surface area contributed by atoms with Gasteiger partial charge in [0.15, 0.2) is 0 Å². The summed E-state index contributed by atoms with van der Waals surface area (Å²) in [5, 5.41) is 0. The Balaban J connectivity index is 0.00000392. The fourth-order valence-corrected chi connectivity index (χ4v) is 3.27. The van der Waals surface area contributed by atoms with Crippen molar-refractivity contribution in [1.82, 2.24) is 4.90 Å². The minimum Gasteiger partial charge on any atom is -0.494 e. The van der Waals surface area contributed by atoms with Gasteiger partial charge in [0.2, 0.25) is 0 Å². The first-order valence-corrected chi connectivity index (χ1v) is 9.78. The largest absolute Gasteiger partial charge is 0.494 e. The first-order valence-electron chi connectivity index (χ1n) is 9.78. The van der Waals surface area contributed by atoms with Crippen molar-refractivity contribution in [3.05, 3.63) is 24.3 Å². The molecule has 2 rings (SSSR count). The molecule has 28 heavy (non-hydrogen) atoms. The van der Waals surface area contributed by atoms with Gasteiger partial charge in [-0.1, -0.05) is 13.3 Å². The van der Waals surface area contributed by atoms with E-state index in [9.17, 15) is 13.2 Å². The molecule has 0 aliphatic carbocycles. The number of hydrogen-bond donors (Lipinski definition) is 0. The molecule has 157 valence electrons. The summed E-state index contributed by atoms with van der Waals surface area (Å²) in [6.45, 7) is 5.94. The third-order valence-electron chi connectivity index (χ3n) is 5.02. The van der Waals surface area contributed by atoms with Crippen LogP contribution in [0.2, 0.25) is 0 Å². The molecule has 1 unspecified atom stereocenters. The van der Waals surface area contributed by atoms with Crippen molar-refractivity contribution >= 4 is 0 Å². The molecule has 1 saturated heterocycles. The Hall–Kier alpha value is -0.366. The van der Waals surface area contributed by atoms with E-state index in [1.54, 1.807) is 0 Å². The zero-order valence-corrected chi connectivity index (χ0v) is 19.8. The first kappa shape index (κ1) is 25.7. The van der Waals surface area contributed by atoms with E-state index in [1.807, 2.05) is 24.3 Å². The molecule has 0 amide bonds. The van der Waals surface area contributed by atoms with Crippen molar-refractivity contribution in [3.63, 3.8) is 0 Å². The van der Waals surface area contributed by atoms with E-state index >= 15 is 0 Å². The van der Waals surface area contributed by atoms with Crippen LogP contribution in [-0.4, -0.2) is 75.1 Å². The van der Waals surface area contributed by atoms with Crippen LogP contribution in [0.4, 0.5) is 13.2 Å². The molecular weight excluding hydrogens is 446 g/mol. The first-order chi connectivity index (χ1) is 12.8. The molecule has 1 heterocycles. The Morgan fingerprint density at radius 1 is 1.00 bits per heavy atom. The van der Waals surface area contributed by atoms with Gasteiger partial charge in [0.05, 0.1) is 33.3 Å². The summed E-state index contributed by atoms with van der Waals surface area (Å²) in [5.74, 6) is 1.63. The molecule has 0 saturated carbocycles. The van der Waals surface area contributed by atoms with Crippen LogP contribution in [-0.2, 0) is 32.7 Å². The van der Waals surface area contributed by atoms with Crippen molar-refractivity contribution < 1.29 is 59.8 Å². The van der Waals surface area contributed by atoms with Gasteiger partial charge in [-0.05, 0) is 30.7 Å². The molecule has 1 aromatic rings.